The zero-order valence-corrected chi connectivity index (χ0v) is 18.4. The molecule has 1 spiro atoms. The minimum atomic E-state index is -0.462. The van der Waals surface area contributed by atoms with Gasteiger partial charge < -0.3 is 14.7 Å². The van der Waals surface area contributed by atoms with E-state index in [2.05, 4.69) is 38.8 Å². The molecule has 0 bridgehead atoms. The van der Waals surface area contributed by atoms with E-state index in [1.165, 1.54) is 18.2 Å². The van der Waals surface area contributed by atoms with Gasteiger partial charge >= 0.3 is 0 Å². The summed E-state index contributed by atoms with van der Waals surface area (Å²) in [6.45, 7) is 4.36. The number of benzene rings is 1. The van der Waals surface area contributed by atoms with Crippen molar-refractivity contribution in [2.24, 2.45) is 5.41 Å². The zero-order chi connectivity index (χ0) is 22.3. The van der Waals surface area contributed by atoms with E-state index in [0.29, 0.717) is 39.5 Å². The van der Waals surface area contributed by atoms with Crippen LogP contribution in [-0.2, 0) is 11.3 Å². The summed E-state index contributed by atoms with van der Waals surface area (Å²) in [7, 11) is 0. The number of rotatable bonds is 2. The maximum absolute atomic E-state index is 14.0. The van der Waals surface area contributed by atoms with Gasteiger partial charge in [0, 0.05) is 18.1 Å². The van der Waals surface area contributed by atoms with Crippen LogP contribution in [0.25, 0.3) is 11.2 Å². The normalized spacial score (nSPS) is 20.0. The third-order valence-corrected chi connectivity index (χ3v) is 6.59. The molecule has 7 nitrogen and oxygen atoms in total. The number of nitrogens with zero attached hydrogens (tertiary/aromatic N) is 4. The lowest BCUT2D eigenvalue weighted by Gasteiger charge is -2.39. The molecule has 0 amide bonds. The second-order valence-electron chi connectivity index (χ2n) is 8.61. The van der Waals surface area contributed by atoms with E-state index in [9.17, 15) is 9.50 Å². The van der Waals surface area contributed by atoms with Crippen molar-refractivity contribution in [1.82, 2.24) is 20.2 Å². The number of aromatic nitrogens is 4. The highest BCUT2D eigenvalue weighted by atomic mass is 35.5. The molecule has 0 aliphatic carbocycles. The number of ether oxygens (including phenoxy) is 1. The second kappa shape index (κ2) is 8.32. The molecule has 1 atom stereocenters. The maximum atomic E-state index is 14.0. The van der Waals surface area contributed by atoms with E-state index in [1.807, 2.05) is 0 Å². The first kappa shape index (κ1) is 21.1. The molecule has 166 valence electrons. The number of aliphatic hydroxyl groups excluding tert-OH is 1. The molecule has 2 aromatic heterocycles. The Balaban J connectivity index is 1.42. The number of nitrogens with one attached hydrogen (secondary N) is 1. The average Bonchev–Trinajstić information content (AvgIpc) is 3.36. The first-order valence-corrected chi connectivity index (χ1v) is 11.0. The zero-order valence-electron chi connectivity index (χ0n) is 17.7. The Bertz CT molecular complexity index is 1230. The number of aliphatic hydroxyl groups is 1. The van der Waals surface area contributed by atoms with Crippen molar-refractivity contribution in [3.63, 3.8) is 0 Å². The number of hydrogen-bond donors (Lipinski definition) is 2. The standard InChI is InChI=1S/C23H23ClFN5O2/c1-14-11-23(13-32-14)6-8-30(9-7-23)22-19(12-31)26-20-18(28-29-21(20)27-22)5-2-15-10-16(24)3-4-17(15)25/h3-4,10,14,31H,6-9,11-13H2,1H3,(H,27,28,29)/t14-/m0/s1. The van der Waals surface area contributed by atoms with Crippen molar-refractivity contribution in [2.45, 2.75) is 38.9 Å². The van der Waals surface area contributed by atoms with Gasteiger partial charge in [-0.25, -0.2) is 14.4 Å². The summed E-state index contributed by atoms with van der Waals surface area (Å²) in [5.41, 5.74) is 2.16. The molecule has 2 saturated heterocycles. The summed E-state index contributed by atoms with van der Waals surface area (Å²) in [4.78, 5) is 11.5. The van der Waals surface area contributed by atoms with Crippen molar-refractivity contribution in [1.29, 1.82) is 0 Å². The van der Waals surface area contributed by atoms with Crippen LogP contribution in [-0.4, -0.2) is 51.1 Å². The molecule has 5 rings (SSSR count). The third kappa shape index (κ3) is 3.92. The van der Waals surface area contributed by atoms with E-state index in [4.69, 9.17) is 21.3 Å². The third-order valence-electron chi connectivity index (χ3n) is 6.36. The van der Waals surface area contributed by atoms with Crippen LogP contribution in [0.5, 0.6) is 0 Å². The number of H-pyrrole nitrogens is 1. The van der Waals surface area contributed by atoms with Crippen LogP contribution < -0.4 is 4.90 Å². The second-order valence-corrected chi connectivity index (χ2v) is 9.04. The summed E-state index contributed by atoms with van der Waals surface area (Å²) < 4.78 is 19.8. The molecule has 1 aromatic carbocycles. The number of halogens is 2. The number of hydrogen-bond acceptors (Lipinski definition) is 6. The predicted octanol–water partition coefficient (Wildman–Crippen LogP) is 3.43. The Morgan fingerprint density at radius 3 is 2.84 bits per heavy atom. The van der Waals surface area contributed by atoms with Gasteiger partial charge in [0.05, 0.1) is 24.9 Å². The number of anilines is 1. The lowest BCUT2D eigenvalue weighted by molar-refractivity contribution is 0.0975. The Morgan fingerprint density at radius 1 is 1.31 bits per heavy atom. The van der Waals surface area contributed by atoms with Gasteiger partial charge in [0.15, 0.2) is 17.2 Å². The molecule has 0 radical (unpaired) electrons. The first-order chi connectivity index (χ1) is 15.5. The summed E-state index contributed by atoms with van der Waals surface area (Å²) >= 11 is 5.93. The smallest absolute Gasteiger partial charge is 0.177 e. The molecule has 9 heteroatoms. The van der Waals surface area contributed by atoms with Crippen molar-refractivity contribution in [3.8, 4) is 11.8 Å². The van der Waals surface area contributed by atoms with E-state index in [0.717, 1.165) is 39.0 Å². The molecule has 4 heterocycles. The van der Waals surface area contributed by atoms with Crippen LogP contribution in [0.1, 0.15) is 43.1 Å². The molecule has 2 fully saturated rings. The minimum Gasteiger partial charge on any atom is -0.390 e. The fourth-order valence-corrected chi connectivity index (χ4v) is 4.79. The summed E-state index contributed by atoms with van der Waals surface area (Å²) in [5, 5.41) is 17.4. The number of aromatic amines is 1. The highest BCUT2D eigenvalue weighted by Crippen LogP contribution is 2.42. The first-order valence-electron chi connectivity index (χ1n) is 10.7. The van der Waals surface area contributed by atoms with Crippen LogP contribution in [0.3, 0.4) is 0 Å². The monoisotopic (exact) mass is 455 g/mol. The molecule has 32 heavy (non-hydrogen) atoms. The molecule has 2 N–H and O–H groups in total. The van der Waals surface area contributed by atoms with Crippen molar-refractivity contribution >= 4 is 28.6 Å². The molecule has 2 aliphatic heterocycles. The lowest BCUT2D eigenvalue weighted by Crippen LogP contribution is -2.41. The SMILES string of the molecule is C[C@H]1CC2(CCN(c3nc4[nH]nc(C#Cc5cc(Cl)ccc5F)c4nc3CO)CC2)CO1. The van der Waals surface area contributed by atoms with E-state index in [-0.39, 0.29) is 17.6 Å². The molecule has 0 saturated carbocycles. The Morgan fingerprint density at radius 2 is 2.12 bits per heavy atom. The van der Waals surface area contributed by atoms with Gasteiger partial charge in [-0.1, -0.05) is 17.5 Å². The summed E-state index contributed by atoms with van der Waals surface area (Å²) in [6.07, 6.45) is 3.45. The number of piperidine rings is 1. The highest BCUT2D eigenvalue weighted by molar-refractivity contribution is 6.30. The summed E-state index contributed by atoms with van der Waals surface area (Å²) in [6, 6.07) is 4.20. The van der Waals surface area contributed by atoms with E-state index < -0.39 is 5.82 Å². The average molecular weight is 456 g/mol. The predicted molar refractivity (Wildman–Crippen MR) is 119 cm³/mol. The maximum Gasteiger partial charge on any atom is 0.177 e. The Kier molecular flexibility index (Phi) is 5.49. The fraction of sp³-hybridized carbons (Fsp3) is 0.435. The fourth-order valence-electron chi connectivity index (χ4n) is 4.62. The van der Waals surface area contributed by atoms with Gasteiger partial charge in [-0.3, -0.25) is 5.10 Å². The van der Waals surface area contributed by atoms with Gasteiger partial charge in [0.25, 0.3) is 0 Å². The molecule has 2 aliphatic rings. The van der Waals surface area contributed by atoms with Crippen molar-refractivity contribution in [2.75, 3.05) is 24.6 Å². The summed E-state index contributed by atoms with van der Waals surface area (Å²) in [5.74, 6) is 5.78. The quantitative estimate of drug-likeness (QED) is 0.576. The van der Waals surface area contributed by atoms with Gasteiger partial charge in [0.1, 0.15) is 17.0 Å². The number of fused-ring (bicyclic) bond motifs is 1. The van der Waals surface area contributed by atoms with Crippen LogP contribution in [0.2, 0.25) is 5.02 Å². The Labute approximate surface area is 190 Å². The van der Waals surface area contributed by atoms with E-state index in [1.54, 1.807) is 0 Å². The van der Waals surface area contributed by atoms with Gasteiger partial charge in [-0.05, 0) is 55.7 Å². The highest BCUT2D eigenvalue weighted by Gasteiger charge is 2.41. The van der Waals surface area contributed by atoms with Gasteiger partial charge in [0.2, 0.25) is 0 Å². The molecule has 0 unspecified atom stereocenters. The lowest BCUT2D eigenvalue weighted by atomic mass is 9.77. The minimum absolute atomic E-state index is 0.174. The van der Waals surface area contributed by atoms with Gasteiger partial charge in [-0.15, -0.1) is 0 Å². The molecular weight excluding hydrogens is 433 g/mol. The van der Waals surface area contributed by atoms with Crippen molar-refractivity contribution in [3.05, 3.63) is 46.0 Å². The van der Waals surface area contributed by atoms with Gasteiger partial charge in [-0.2, -0.15) is 5.10 Å². The topological polar surface area (TPSA) is 87.2 Å². The van der Waals surface area contributed by atoms with E-state index >= 15 is 0 Å². The molecular formula is C23H23ClFN5O2. The van der Waals surface area contributed by atoms with Crippen LogP contribution >= 0.6 is 11.6 Å². The largest absolute Gasteiger partial charge is 0.390 e. The van der Waals surface area contributed by atoms with Crippen molar-refractivity contribution < 1.29 is 14.2 Å². The van der Waals surface area contributed by atoms with Crippen LogP contribution in [0.15, 0.2) is 18.2 Å². The Hall–Kier alpha value is -2.73. The van der Waals surface area contributed by atoms with Crippen LogP contribution in [0.4, 0.5) is 10.2 Å². The van der Waals surface area contributed by atoms with Crippen LogP contribution in [0, 0.1) is 23.1 Å². The molecule has 3 aromatic rings.